The van der Waals surface area contributed by atoms with Crippen LogP contribution in [0.5, 0.6) is 0 Å². The molecule has 0 bridgehead atoms. The molecule has 4 rings (SSSR count). The highest BCUT2D eigenvalue weighted by atomic mass is 35.5. The fourth-order valence-electron chi connectivity index (χ4n) is 3.09. The van der Waals surface area contributed by atoms with Crippen molar-refractivity contribution in [3.63, 3.8) is 0 Å². The molecule has 1 aliphatic rings. The van der Waals surface area contributed by atoms with Gasteiger partial charge in [0, 0.05) is 10.0 Å². The SMILES string of the molecule is O=C1N(Cc2ccccc2Cl)c2ccccc2S(=O)(=O)N1c1ccc(Cl)cc1. The lowest BCUT2D eigenvalue weighted by atomic mass is 10.2. The van der Waals surface area contributed by atoms with Gasteiger partial charge in [0.25, 0.3) is 10.0 Å². The smallest absolute Gasteiger partial charge is 0.287 e. The first-order valence-corrected chi connectivity index (χ1v) is 10.5. The van der Waals surface area contributed by atoms with Crippen LogP contribution in [0.25, 0.3) is 0 Å². The number of nitrogens with zero attached hydrogens (tertiary/aromatic N) is 2. The third kappa shape index (κ3) is 3.13. The third-order valence-corrected chi connectivity index (χ3v) is 6.80. The van der Waals surface area contributed by atoms with E-state index in [1.807, 2.05) is 6.07 Å². The predicted molar refractivity (Wildman–Crippen MR) is 111 cm³/mol. The maximum Gasteiger partial charge on any atom is 0.343 e. The summed E-state index contributed by atoms with van der Waals surface area (Å²) >= 11 is 12.2. The molecule has 1 heterocycles. The average molecular weight is 433 g/mol. The van der Waals surface area contributed by atoms with Crippen molar-refractivity contribution in [3.8, 4) is 0 Å². The highest BCUT2D eigenvalue weighted by Crippen LogP contribution is 2.38. The van der Waals surface area contributed by atoms with Crippen LogP contribution in [0.3, 0.4) is 0 Å². The van der Waals surface area contributed by atoms with Crippen molar-refractivity contribution in [2.45, 2.75) is 11.4 Å². The van der Waals surface area contributed by atoms with Crippen LogP contribution < -0.4 is 9.21 Å². The van der Waals surface area contributed by atoms with Crippen molar-refractivity contribution in [2.24, 2.45) is 0 Å². The topological polar surface area (TPSA) is 57.7 Å². The molecule has 8 heteroatoms. The molecule has 2 amide bonds. The maximum absolute atomic E-state index is 13.3. The molecule has 3 aromatic rings. The Kier molecular flexibility index (Phi) is 4.79. The van der Waals surface area contributed by atoms with E-state index in [9.17, 15) is 13.2 Å². The minimum atomic E-state index is -4.07. The molecule has 0 radical (unpaired) electrons. The lowest BCUT2D eigenvalue weighted by Gasteiger charge is -2.36. The summed E-state index contributed by atoms with van der Waals surface area (Å²) in [5.74, 6) is 0. The predicted octanol–water partition coefficient (Wildman–Crippen LogP) is 5.33. The molecular weight excluding hydrogens is 419 g/mol. The van der Waals surface area contributed by atoms with Gasteiger partial charge in [-0.3, -0.25) is 4.90 Å². The van der Waals surface area contributed by atoms with Crippen molar-refractivity contribution < 1.29 is 13.2 Å². The van der Waals surface area contributed by atoms with E-state index in [4.69, 9.17) is 23.2 Å². The number of rotatable bonds is 3. The fraction of sp³-hybridized carbons (Fsp3) is 0.0500. The molecule has 0 aromatic heterocycles. The molecule has 5 nitrogen and oxygen atoms in total. The third-order valence-electron chi connectivity index (χ3n) is 4.43. The number of carbonyl (C=O) groups excluding carboxylic acids is 1. The van der Waals surface area contributed by atoms with Gasteiger partial charge in [0.05, 0.1) is 17.9 Å². The molecule has 0 saturated carbocycles. The first kappa shape index (κ1) is 18.8. The molecule has 0 aliphatic carbocycles. The molecule has 1 aliphatic heterocycles. The molecule has 0 fully saturated rings. The van der Waals surface area contributed by atoms with Gasteiger partial charge in [0.2, 0.25) is 0 Å². The zero-order valence-corrected chi connectivity index (χ0v) is 16.7. The Balaban J connectivity index is 1.88. The number of anilines is 2. The van der Waals surface area contributed by atoms with Crippen molar-refractivity contribution >= 4 is 50.6 Å². The van der Waals surface area contributed by atoms with E-state index in [2.05, 4.69) is 0 Å². The Morgan fingerprint density at radius 2 is 1.46 bits per heavy atom. The largest absolute Gasteiger partial charge is 0.343 e. The van der Waals surface area contributed by atoms with Crippen LogP contribution >= 0.6 is 23.2 Å². The second-order valence-corrected chi connectivity index (χ2v) is 8.77. The number of amides is 2. The van der Waals surface area contributed by atoms with E-state index in [1.165, 1.54) is 23.1 Å². The maximum atomic E-state index is 13.3. The molecule has 0 unspecified atom stereocenters. The lowest BCUT2D eigenvalue weighted by Crippen LogP contribution is -2.50. The van der Waals surface area contributed by atoms with Crippen molar-refractivity contribution in [1.29, 1.82) is 0 Å². The zero-order valence-electron chi connectivity index (χ0n) is 14.4. The number of halogens is 2. The fourth-order valence-corrected chi connectivity index (χ4v) is 5.00. The summed E-state index contributed by atoms with van der Waals surface area (Å²) in [4.78, 5) is 14.8. The summed E-state index contributed by atoms with van der Waals surface area (Å²) < 4.78 is 27.2. The zero-order chi connectivity index (χ0) is 19.9. The van der Waals surface area contributed by atoms with Crippen LogP contribution in [0.1, 0.15) is 5.56 Å². The first-order valence-electron chi connectivity index (χ1n) is 8.34. The summed E-state index contributed by atoms with van der Waals surface area (Å²) in [5.41, 5.74) is 1.24. The van der Waals surface area contributed by atoms with Gasteiger partial charge >= 0.3 is 6.03 Å². The molecule has 3 aromatic carbocycles. The normalized spacial score (nSPS) is 15.4. The van der Waals surface area contributed by atoms with Gasteiger partial charge in [-0.25, -0.2) is 13.2 Å². The summed E-state index contributed by atoms with van der Waals surface area (Å²) in [6, 6.07) is 19.0. The molecule has 0 atom stereocenters. The van der Waals surface area contributed by atoms with E-state index < -0.39 is 16.1 Å². The number of sulfonamides is 1. The Labute approximate surface area is 172 Å². The lowest BCUT2D eigenvalue weighted by molar-refractivity contribution is 0.253. The van der Waals surface area contributed by atoms with E-state index in [0.717, 1.165) is 4.31 Å². The van der Waals surface area contributed by atoms with Gasteiger partial charge < -0.3 is 0 Å². The number of hydrogen-bond acceptors (Lipinski definition) is 3. The Morgan fingerprint density at radius 1 is 0.821 bits per heavy atom. The minimum absolute atomic E-state index is 0.0524. The first-order chi connectivity index (χ1) is 13.4. The van der Waals surface area contributed by atoms with Gasteiger partial charge in [-0.1, -0.05) is 53.5 Å². The summed E-state index contributed by atoms with van der Waals surface area (Å²) in [6.07, 6.45) is 0. The Hall–Kier alpha value is -2.54. The number of carbonyl (C=O) groups is 1. The quantitative estimate of drug-likeness (QED) is 0.561. The van der Waals surface area contributed by atoms with E-state index in [0.29, 0.717) is 21.3 Å². The molecule has 0 spiro atoms. The monoisotopic (exact) mass is 432 g/mol. The van der Waals surface area contributed by atoms with Gasteiger partial charge in [0.1, 0.15) is 4.90 Å². The minimum Gasteiger partial charge on any atom is -0.287 e. The van der Waals surface area contributed by atoms with Crippen molar-refractivity contribution in [3.05, 3.63) is 88.4 Å². The number of fused-ring (bicyclic) bond motifs is 1. The second kappa shape index (κ2) is 7.13. The summed E-state index contributed by atoms with van der Waals surface area (Å²) in [6.45, 7) is 0.134. The number of benzene rings is 3. The Bertz CT molecular complexity index is 1160. The van der Waals surface area contributed by atoms with Crippen molar-refractivity contribution in [1.82, 2.24) is 0 Å². The molecule has 28 heavy (non-hydrogen) atoms. The van der Waals surface area contributed by atoms with Crippen LogP contribution in [-0.2, 0) is 16.6 Å². The van der Waals surface area contributed by atoms with Gasteiger partial charge in [-0.15, -0.1) is 0 Å². The van der Waals surface area contributed by atoms with Crippen LogP contribution in [0.4, 0.5) is 16.2 Å². The van der Waals surface area contributed by atoms with Crippen LogP contribution in [-0.4, -0.2) is 14.4 Å². The molecular formula is C20H14Cl2N2O3S. The highest BCUT2D eigenvalue weighted by Gasteiger charge is 2.42. The average Bonchev–Trinajstić information content (AvgIpc) is 2.68. The van der Waals surface area contributed by atoms with Crippen LogP contribution in [0, 0.1) is 0 Å². The summed E-state index contributed by atoms with van der Waals surface area (Å²) in [7, 11) is -4.07. The number of hydrogen-bond donors (Lipinski definition) is 0. The molecule has 0 N–H and O–H groups in total. The van der Waals surface area contributed by atoms with Crippen LogP contribution in [0.2, 0.25) is 10.0 Å². The Morgan fingerprint density at radius 3 is 2.18 bits per heavy atom. The van der Waals surface area contributed by atoms with E-state index in [1.54, 1.807) is 48.5 Å². The molecule has 142 valence electrons. The van der Waals surface area contributed by atoms with Gasteiger partial charge in [-0.2, -0.15) is 4.31 Å². The number of para-hydroxylation sites is 1. The van der Waals surface area contributed by atoms with Crippen molar-refractivity contribution in [2.75, 3.05) is 9.21 Å². The van der Waals surface area contributed by atoms with Gasteiger partial charge in [0.15, 0.2) is 0 Å². The van der Waals surface area contributed by atoms with E-state index in [-0.39, 0.29) is 17.1 Å². The number of urea groups is 1. The molecule has 0 saturated heterocycles. The standard InChI is InChI=1S/C20H14Cl2N2O3S/c21-15-9-11-16(12-10-15)24-20(25)23(13-14-5-1-2-6-17(14)22)18-7-3-4-8-19(18)28(24,26)27/h1-12H,13H2. The highest BCUT2D eigenvalue weighted by molar-refractivity contribution is 7.94. The van der Waals surface area contributed by atoms with E-state index >= 15 is 0 Å². The van der Waals surface area contributed by atoms with Crippen LogP contribution in [0.15, 0.2) is 77.7 Å². The second-order valence-electron chi connectivity index (χ2n) is 6.17. The van der Waals surface area contributed by atoms with Gasteiger partial charge in [-0.05, 0) is 48.0 Å². The summed E-state index contributed by atoms with van der Waals surface area (Å²) in [5, 5.41) is 0.943.